The first kappa shape index (κ1) is 14.0. The quantitative estimate of drug-likeness (QED) is 0.757. The molecule has 0 spiro atoms. The molecule has 0 unspecified atom stereocenters. The van der Waals surface area contributed by atoms with Crippen LogP contribution in [0.25, 0.3) is 0 Å². The van der Waals surface area contributed by atoms with E-state index in [-0.39, 0.29) is 12.5 Å². The van der Waals surface area contributed by atoms with Gasteiger partial charge >= 0.3 is 5.97 Å². The fraction of sp³-hybridized carbons (Fsp3) is 0.833. The van der Waals surface area contributed by atoms with Gasteiger partial charge in [-0.05, 0) is 19.3 Å². The molecule has 1 fully saturated rings. The van der Waals surface area contributed by atoms with Crippen LogP contribution in [0.5, 0.6) is 0 Å². The number of likely N-dealkylation sites (N-methyl/N-ethyl adjacent to an activating group) is 1. The normalized spacial score (nSPS) is 26.5. The van der Waals surface area contributed by atoms with Crippen LogP contribution in [0.2, 0.25) is 0 Å². The van der Waals surface area contributed by atoms with E-state index in [1.54, 1.807) is 34.7 Å². The van der Waals surface area contributed by atoms with Crippen molar-refractivity contribution in [3.8, 4) is 0 Å². The summed E-state index contributed by atoms with van der Waals surface area (Å²) in [6.45, 7) is 7.00. The van der Waals surface area contributed by atoms with E-state index in [4.69, 9.17) is 5.11 Å². The lowest BCUT2D eigenvalue weighted by Crippen LogP contribution is -2.41. The van der Waals surface area contributed by atoms with E-state index >= 15 is 0 Å². The van der Waals surface area contributed by atoms with E-state index in [1.807, 2.05) is 0 Å². The van der Waals surface area contributed by atoms with Gasteiger partial charge < -0.3 is 15.1 Å². The van der Waals surface area contributed by atoms with Gasteiger partial charge in [0.05, 0.1) is 17.4 Å². The van der Waals surface area contributed by atoms with Gasteiger partial charge in [-0.3, -0.25) is 9.59 Å². The van der Waals surface area contributed by atoms with Crippen molar-refractivity contribution in [3.05, 3.63) is 0 Å². The molecular weight excluding hydrogens is 222 g/mol. The van der Waals surface area contributed by atoms with Crippen molar-refractivity contribution in [1.29, 1.82) is 0 Å². The standard InChI is InChI=1S/C12H21NO4/c1-11(2,17)6-13(5)9(14)7-8(10(15)16)12(7,3)4/h7-8,17H,6H2,1-5H3,(H,15,16)/t7-,8+/m1/s1. The third kappa shape index (κ3) is 2.77. The number of carbonyl (C=O) groups is 2. The highest BCUT2D eigenvalue weighted by atomic mass is 16.4. The summed E-state index contributed by atoms with van der Waals surface area (Å²) in [5.41, 5.74) is -1.46. The van der Waals surface area contributed by atoms with Gasteiger partial charge in [0.15, 0.2) is 0 Å². The third-order valence-electron chi connectivity index (χ3n) is 3.36. The van der Waals surface area contributed by atoms with Crippen LogP contribution in [0.3, 0.4) is 0 Å². The average molecular weight is 243 g/mol. The average Bonchev–Trinajstić information content (AvgIpc) is 2.64. The Balaban J connectivity index is 2.70. The van der Waals surface area contributed by atoms with Gasteiger partial charge in [0.25, 0.3) is 0 Å². The van der Waals surface area contributed by atoms with Gasteiger partial charge in [0.1, 0.15) is 0 Å². The molecule has 0 aliphatic heterocycles. The minimum Gasteiger partial charge on any atom is -0.481 e. The molecule has 0 aromatic carbocycles. The maximum Gasteiger partial charge on any atom is 0.307 e. The predicted molar refractivity (Wildman–Crippen MR) is 62.3 cm³/mol. The number of aliphatic carboxylic acids is 1. The summed E-state index contributed by atoms with van der Waals surface area (Å²) in [7, 11) is 1.59. The van der Waals surface area contributed by atoms with Crippen molar-refractivity contribution in [2.24, 2.45) is 17.3 Å². The smallest absolute Gasteiger partial charge is 0.307 e. The van der Waals surface area contributed by atoms with Crippen LogP contribution >= 0.6 is 0 Å². The lowest BCUT2D eigenvalue weighted by atomic mass is 10.1. The Morgan fingerprint density at radius 3 is 2.06 bits per heavy atom. The van der Waals surface area contributed by atoms with E-state index in [0.29, 0.717) is 0 Å². The Labute approximate surface area is 101 Å². The molecule has 1 saturated carbocycles. The first-order valence-corrected chi connectivity index (χ1v) is 5.68. The maximum atomic E-state index is 12.1. The Morgan fingerprint density at radius 1 is 1.29 bits per heavy atom. The SMILES string of the molecule is CN(CC(C)(C)O)C(=O)[C@H]1[C@@H](C(=O)O)C1(C)C. The van der Waals surface area contributed by atoms with Crippen LogP contribution in [0.15, 0.2) is 0 Å². The van der Waals surface area contributed by atoms with Gasteiger partial charge in [-0.2, -0.15) is 0 Å². The summed E-state index contributed by atoms with van der Waals surface area (Å²) >= 11 is 0. The number of nitrogens with zero attached hydrogens (tertiary/aromatic N) is 1. The molecule has 0 bridgehead atoms. The van der Waals surface area contributed by atoms with E-state index < -0.39 is 28.8 Å². The minimum absolute atomic E-state index is 0.199. The zero-order valence-electron chi connectivity index (χ0n) is 11.0. The number of aliphatic hydroxyl groups is 1. The summed E-state index contributed by atoms with van der Waals surface area (Å²) in [5.74, 6) is -2.22. The van der Waals surface area contributed by atoms with Crippen molar-refractivity contribution in [3.63, 3.8) is 0 Å². The lowest BCUT2D eigenvalue weighted by molar-refractivity contribution is -0.142. The fourth-order valence-electron chi connectivity index (χ4n) is 2.46. The van der Waals surface area contributed by atoms with Crippen molar-refractivity contribution in [2.45, 2.75) is 33.3 Å². The fourth-order valence-corrected chi connectivity index (χ4v) is 2.46. The number of hydrogen-bond acceptors (Lipinski definition) is 3. The summed E-state index contributed by atoms with van der Waals surface area (Å²) in [5, 5.41) is 18.6. The summed E-state index contributed by atoms with van der Waals surface area (Å²) < 4.78 is 0. The Morgan fingerprint density at radius 2 is 1.76 bits per heavy atom. The molecule has 1 aliphatic rings. The molecular formula is C12H21NO4. The van der Waals surface area contributed by atoms with Crippen LogP contribution in [0.4, 0.5) is 0 Å². The highest BCUT2D eigenvalue weighted by molar-refractivity contribution is 5.91. The Kier molecular flexibility index (Phi) is 3.27. The van der Waals surface area contributed by atoms with Crippen molar-refractivity contribution in [2.75, 3.05) is 13.6 Å². The Hall–Kier alpha value is -1.10. The molecule has 0 aromatic rings. The second-order valence-electron chi connectivity index (χ2n) is 6.12. The first-order chi connectivity index (χ1) is 7.48. The van der Waals surface area contributed by atoms with E-state index in [2.05, 4.69) is 0 Å². The van der Waals surface area contributed by atoms with Crippen LogP contribution in [-0.4, -0.2) is 46.2 Å². The van der Waals surface area contributed by atoms with Gasteiger partial charge in [-0.15, -0.1) is 0 Å². The number of carboxylic acid groups (broad SMARTS) is 1. The molecule has 1 amide bonds. The second-order valence-corrected chi connectivity index (χ2v) is 6.12. The number of amides is 1. The molecule has 0 heterocycles. The lowest BCUT2D eigenvalue weighted by Gasteiger charge is -2.26. The summed E-state index contributed by atoms with van der Waals surface area (Å²) in [6.07, 6.45) is 0. The number of rotatable bonds is 4. The van der Waals surface area contributed by atoms with Gasteiger partial charge in [-0.1, -0.05) is 13.8 Å². The highest BCUT2D eigenvalue weighted by Crippen LogP contribution is 2.58. The summed E-state index contributed by atoms with van der Waals surface area (Å²) in [4.78, 5) is 24.5. The Bertz CT molecular complexity index is 343. The van der Waals surface area contributed by atoms with E-state index in [0.717, 1.165) is 0 Å². The molecule has 2 atom stereocenters. The van der Waals surface area contributed by atoms with Crippen LogP contribution < -0.4 is 0 Å². The monoisotopic (exact) mass is 243 g/mol. The van der Waals surface area contributed by atoms with Crippen LogP contribution in [0.1, 0.15) is 27.7 Å². The maximum absolute atomic E-state index is 12.1. The topological polar surface area (TPSA) is 77.8 Å². The van der Waals surface area contributed by atoms with Gasteiger partial charge in [-0.25, -0.2) is 0 Å². The number of carbonyl (C=O) groups excluding carboxylic acids is 1. The molecule has 17 heavy (non-hydrogen) atoms. The first-order valence-electron chi connectivity index (χ1n) is 5.68. The number of hydrogen-bond donors (Lipinski definition) is 2. The van der Waals surface area contributed by atoms with E-state index in [9.17, 15) is 14.7 Å². The molecule has 0 aromatic heterocycles. The van der Waals surface area contributed by atoms with Crippen molar-refractivity contribution >= 4 is 11.9 Å². The molecule has 5 nitrogen and oxygen atoms in total. The van der Waals surface area contributed by atoms with Crippen LogP contribution in [-0.2, 0) is 9.59 Å². The van der Waals surface area contributed by atoms with Gasteiger partial charge in [0, 0.05) is 13.6 Å². The number of carboxylic acids is 1. The highest BCUT2D eigenvalue weighted by Gasteiger charge is 2.66. The van der Waals surface area contributed by atoms with Crippen molar-refractivity contribution in [1.82, 2.24) is 4.90 Å². The molecule has 0 radical (unpaired) electrons. The molecule has 0 saturated heterocycles. The van der Waals surface area contributed by atoms with E-state index in [1.165, 1.54) is 4.90 Å². The minimum atomic E-state index is -0.970. The third-order valence-corrected chi connectivity index (χ3v) is 3.36. The van der Waals surface area contributed by atoms with Crippen LogP contribution in [0, 0.1) is 17.3 Å². The largest absolute Gasteiger partial charge is 0.481 e. The van der Waals surface area contributed by atoms with Gasteiger partial charge in [0.2, 0.25) is 5.91 Å². The molecule has 98 valence electrons. The predicted octanol–water partition coefficient (Wildman–Crippen LogP) is 0.572. The molecule has 1 aliphatic carbocycles. The zero-order chi connectivity index (χ0) is 13.6. The molecule has 5 heteroatoms. The molecule has 2 N–H and O–H groups in total. The second kappa shape index (κ2) is 3.98. The van der Waals surface area contributed by atoms with Crippen molar-refractivity contribution < 1.29 is 19.8 Å². The molecule has 1 rings (SSSR count). The zero-order valence-corrected chi connectivity index (χ0v) is 11.0. The summed E-state index contributed by atoms with van der Waals surface area (Å²) in [6, 6.07) is 0.